The molecule has 2 rings (SSSR count). The van der Waals surface area contributed by atoms with Gasteiger partial charge >= 0.3 is 5.76 Å². The second kappa shape index (κ2) is 4.79. The van der Waals surface area contributed by atoms with Crippen molar-refractivity contribution in [2.75, 3.05) is 0 Å². The first-order chi connectivity index (χ1) is 8.41. The Kier molecular flexibility index (Phi) is 3.51. The van der Waals surface area contributed by atoms with Gasteiger partial charge in [0.05, 0.1) is 5.35 Å². The lowest BCUT2D eigenvalue weighted by Crippen LogP contribution is -2.39. The quantitative estimate of drug-likeness (QED) is 0.763. The highest BCUT2D eigenvalue weighted by Gasteiger charge is 2.28. The number of hydrogen-bond acceptors (Lipinski definition) is 2. The average Bonchev–Trinajstić information content (AvgIpc) is 2.56. The molecule has 1 aromatic heterocycles. The molecular weight excluding hydrogens is 226 g/mol. The molecule has 1 fully saturated rings. The van der Waals surface area contributed by atoms with Crippen molar-refractivity contribution in [3.05, 3.63) is 21.3 Å². The van der Waals surface area contributed by atoms with Crippen LogP contribution in [0.25, 0.3) is 12.2 Å². The Bertz CT molecular complexity index is 589. The highest BCUT2D eigenvalue weighted by atomic mass is 16.4. The van der Waals surface area contributed by atoms with E-state index in [1.807, 2.05) is 13.8 Å². The third kappa shape index (κ3) is 2.18. The fourth-order valence-corrected chi connectivity index (χ4v) is 3.17. The highest BCUT2D eigenvalue weighted by Crippen LogP contribution is 2.35. The first-order valence-corrected chi connectivity index (χ1v) is 6.79. The maximum absolute atomic E-state index is 12.0. The van der Waals surface area contributed by atoms with E-state index >= 15 is 0 Å². The molecule has 0 aromatic carbocycles. The Balaban J connectivity index is 2.50. The van der Waals surface area contributed by atoms with E-state index in [0.29, 0.717) is 11.3 Å². The zero-order valence-corrected chi connectivity index (χ0v) is 11.8. The summed E-state index contributed by atoms with van der Waals surface area (Å²) in [6, 6.07) is 0.248. The van der Waals surface area contributed by atoms with Gasteiger partial charge in [-0.2, -0.15) is 0 Å². The zero-order valence-electron chi connectivity index (χ0n) is 11.8. The van der Waals surface area contributed by atoms with Gasteiger partial charge in [0.25, 0.3) is 0 Å². The van der Waals surface area contributed by atoms with Crippen molar-refractivity contribution in [1.29, 1.82) is 0 Å². The number of rotatable bonds is 1. The van der Waals surface area contributed by atoms with Crippen molar-refractivity contribution in [2.24, 2.45) is 11.8 Å². The maximum Gasteiger partial charge on any atom is 0.420 e. The molecule has 0 radical (unpaired) electrons. The van der Waals surface area contributed by atoms with Crippen LogP contribution in [0.3, 0.4) is 0 Å². The third-order valence-corrected chi connectivity index (χ3v) is 4.11. The minimum atomic E-state index is -0.248. The van der Waals surface area contributed by atoms with Gasteiger partial charge in [-0.05, 0) is 50.5 Å². The van der Waals surface area contributed by atoms with Crippen LogP contribution < -0.4 is 16.5 Å². The molecule has 0 saturated heterocycles. The molecule has 1 aliphatic carbocycles. The average molecular weight is 249 g/mol. The summed E-state index contributed by atoms with van der Waals surface area (Å²) in [5.41, 5.74) is 1.67. The predicted octanol–water partition coefficient (Wildman–Crippen LogP) is 2.04. The van der Waals surface area contributed by atoms with Crippen LogP contribution in [0.15, 0.2) is 9.21 Å². The summed E-state index contributed by atoms with van der Waals surface area (Å²) >= 11 is 0. The summed E-state index contributed by atoms with van der Waals surface area (Å²) in [7, 11) is 0. The van der Waals surface area contributed by atoms with Crippen molar-refractivity contribution in [3.8, 4) is 0 Å². The van der Waals surface area contributed by atoms with Gasteiger partial charge in [0.2, 0.25) is 0 Å². The largest absolute Gasteiger partial charge is 0.420 e. The molecular formula is C15H23NO2. The first kappa shape index (κ1) is 13.2. The minimum absolute atomic E-state index is 0.248. The SMILES string of the molecule is C=c1c(=C(C)C)oc(=O)n1C1CCC(C)CC1C. The monoisotopic (exact) mass is 249 g/mol. The van der Waals surface area contributed by atoms with E-state index in [9.17, 15) is 4.79 Å². The fraction of sp³-hybridized carbons (Fsp3) is 0.667. The summed E-state index contributed by atoms with van der Waals surface area (Å²) in [4.78, 5) is 12.0. The van der Waals surface area contributed by atoms with Crippen LogP contribution in [0.2, 0.25) is 0 Å². The first-order valence-electron chi connectivity index (χ1n) is 6.79. The van der Waals surface area contributed by atoms with Crippen molar-refractivity contribution >= 4 is 12.2 Å². The molecule has 100 valence electrons. The molecule has 1 aliphatic rings. The molecule has 1 saturated carbocycles. The van der Waals surface area contributed by atoms with Gasteiger partial charge in [0, 0.05) is 6.04 Å². The Hall–Kier alpha value is -1.25. The summed E-state index contributed by atoms with van der Waals surface area (Å²) < 4.78 is 7.12. The van der Waals surface area contributed by atoms with E-state index < -0.39 is 0 Å². The molecule has 0 amide bonds. The molecule has 3 nitrogen and oxygen atoms in total. The molecule has 0 bridgehead atoms. The summed E-state index contributed by atoms with van der Waals surface area (Å²) in [5, 5.41) is 0.742. The van der Waals surface area contributed by atoms with Crippen molar-refractivity contribution in [1.82, 2.24) is 4.57 Å². The lowest BCUT2D eigenvalue weighted by Gasteiger charge is -2.32. The van der Waals surface area contributed by atoms with Crippen LogP contribution >= 0.6 is 0 Å². The van der Waals surface area contributed by atoms with E-state index in [2.05, 4.69) is 20.4 Å². The van der Waals surface area contributed by atoms with Gasteiger partial charge in [0.1, 0.15) is 0 Å². The topological polar surface area (TPSA) is 35.1 Å². The molecule has 0 spiro atoms. The third-order valence-electron chi connectivity index (χ3n) is 4.11. The molecule has 0 aliphatic heterocycles. The Morgan fingerprint density at radius 3 is 2.50 bits per heavy atom. The summed E-state index contributed by atoms with van der Waals surface area (Å²) in [5.74, 6) is 1.02. The lowest BCUT2D eigenvalue weighted by atomic mass is 9.80. The van der Waals surface area contributed by atoms with E-state index in [-0.39, 0.29) is 11.8 Å². The minimum Gasteiger partial charge on any atom is -0.408 e. The smallest absolute Gasteiger partial charge is 0.408 e. The van der Waals surface area contributed by atoms with Gasteiger partial charge in [0.15, 0.2) is 5.42 Å². The number of oxazole rings is 1. The summed E-state index contributed by atoms with van der Waals surface area (Å²) in [6.45, 7) is 12.4. The maximum atomic E-state index is 12.0. The lowest BCUT2D eigenvalue weighted by molar-refractivity contribution is 0.197. The van der Waals surface area contributed by atoms with Crippen molar-refractivity contribution in [3.63, 3.8) is 0 Å². The molecule has 18 heavy (non-hydrogen) atoms. The van der Waals surface area contributed by atoms with Crippen LogP contribution in [-0.2, 0) is 0 Å². The van der Waals surface area contributed by atoms with Crippen molar-refractivity contribution in [2.45, 2.75) is 53.0 Å². The number of aromatic nitrogens is 1. The normalized spacial score (nSPS) is 28.3. The second-order valence-electron chi connectivity index (χ2n) is 5.98. The van der Waals surface area contributed by atoms with Crippen LogP contribution in [-0.4, -0.2) is 4.57 Å². The molecule has 3 unspecified atom stereocenters. The van der Waals surface area contributed by atoms with Gasteiger partial charge < -0.3 is 4.42 Å². The predicted molar refractivity (Wildman–Crippen MR) is 73.7 cm³/mol. The molecule has 3 heteroatoms. The standard InChI is InChI=1S/C15H23NO2/c1-9(2)14-12(5)16(15(17)18-14)13-7-6-10(3)8-11(13)4/h10-11,13H,5-8H2,1-4H3. The fourth-order valence-electron chi connectivity index (χ4n) is 3.17. The van der Waals surface area contributed by atoms with Crippen LogP contribution in [0.1, 0.15) is 53.0 Å². The van der Waals surface area contributed by atoms with E-state index in [4.69, 9.17) is 4.42 Å². The zero-order chi connectivity index (χ0) is 13.4. The van der Waals surface area contributed by atoms with Crippen LogP contribution in [0.5, 0.6) is 0 Å². The molecule has 0 N–H and O–H groups in total. The van der Waals surface area contributed by atoms with Gasteiger partial charge in [-0.15, -0.1) is 0 Å². The Morgan fingerprint density at radius 1 is 1.33 bits per heavy atom. The number of nitrogens with zero attached hydrogens (tertiary/aromatic N) is 1. The summed E-state index contributed by atoms with van der Waals surface area (Å²) in [6.07, 6.45) is 3.40. The Morgan fingerprint density at radius 2 is 2.00 bits per heavy atom. The van der Waals surface area contributed by atoms with Gasteiger partial charge in [-0.1, -0.05) is 20.4 Å². The van der Waals surface area contributed by atoms with Gasteiger partial charge in [-0.3, -0.25) is 4.57 Å². The van der Waals surface area contributed by atoms with Crippen LogP contribution in [0, 0.1) is 11.8 Å². The van der Waals surface area contributed by atoms with E-state index in [0.717, 1.165) is 23.3 Å². The molecule has 1 aromatic rings. The van der Waals surface area contributed by atoms with Crippen molar-refractivity contribution < 1.29 is 4.42 Å². The molecule has 3 atom stereocenters. The van der Waals surface area contributed by atoms with E-state index in [1.54, 1.807) is 4.57 Å². The molecule has 1 heterocycles. The highest BCUT2D eigenvalue weighted by molar-refractivity contribution is 5.34. The second-order valence-corrected chi connectivity index (χ2v) is 5.98. The van der Waals surface area contributed by atoms with E-state index in [1.165, 1.54) is 12.8 Å². The number of hydrogen-bond donors (Lipinski definition) is 0. The van der Waals surface area contributed by atoms with Crippen LogP contribution in [0.4, 0.5) is 0 Å². The van der Waals surface area contributed by atoms with Gasteiger partial charge in [-0.25, -0.2) is 4.79 Å². The Labute approximate surface area is 108 Å².